The van der Waals surface area contributed by atoms with Crippen molar-refractivity contribution < 1.29 is 9.53 Å². The van der Waals surface area contributed by atoms with Crippen LogP contribution in [0.15, 0.2) is 42.7 Å². The summed E-state index contributed by atoms with van der Waals surface area (Å²) in [6, 6.07) is 9.52. The number of likely N-dealkylation sites (N-methyl/N-ethyl adjacent to an activating group) is 1. The van der Waals surface area contributed by atoms with Gasteiger partial charge in [0.15, 0.2) is 5.65 Å². The Morgan fingerprint density at radius 1 is 1.31 bits per heavy atom. The summed E-state index contributed by atoms with van der Waals surface area (Å²) in [5.74, 6) is 0.613. The second-order valence-electron chi connectivity index (χ2n) is 6.33. The van der Waals surface area contributed by atoms with E-state index in [9.17, 15) is 4.79 Å². The molecular formula is C19H23N5O2. The first-order chi connectivity index (χ1) is 12.5. The molecule has 0 bridgehead atoms. The first kappa shape index (κ1) is 17.9. The van der Waals surface area contributed by atoms with Crippen LogP contribution in [0.1, 0.15) is 21.6 Å². The number of hydrogen-bond acceptors (Lipinski definition) is 5. The number of ether oxygens (including phenoxy) is 1. The van der Waals surface area contributed by atoms with E-state index in [-0.39, 0.29) is 5.91 Å². The van der Waals surface area contributed by atoms with E-state index in [1.165, 1.54) is 0 Å². The summed E-state index contributed by atoms with van der Waals surface area (Å²) in [6.45, 7) is 3.69. The van der Waals surface area contributed by atoms with Crippen molar-refractivity contribution in [3.63, 3.8) is 0 Å². The molecule has 0 unspecified atom stereocenters. The summed E-state index contributed by atoms with van der Waals surface area (Å²) in [6.07, 6.45) is 3.43. The van der Waals surface area contributed by atoms with Crippen LogP contribution in [0.4, 0.5) is 0 Å². The molecule has 2 aromatic heterocycles. The van der Waals surface area contributed by atoms with Gasteiger partial charge < -0.3 is 15.0 Å². The molecule has 0 saturated carbocycles. The minimum absolute atomic E-state index is 0.185. The van der Waals surface area contributed by atoms with Crippen molar-refractivity contribution in [2.24, 2.45) is 0 Å². The number of benzene rings is 1. The minimum Gasteiger partial charge on any atom is -0.492 e. The molecule has 0 fully saturated rings. The Labute approximate surface area is 152 Å². The van der Waals surface area contributed by atoms with Crippen LogP contribution in [0.5, 0.6) is 5.75 Å². The number of nitrogens with one attached hydrogen (secondary N) is 1. The second kappa shape index (κ2) is 7.97. The average Bonchev–Trinajstić information content (AvgIpc) is 2.95. The van der Waals surface area contributed by atoms with Crippen molar-refractivity contribution in [3.8, 4) is 5.75 Å². The first-order valence-electron chi connectivity index (χ1n) is 8.49. The van der Waals surface area contributed by atoms with Gasteiger partial charge in [0.05, 0.1) is 5.69 Å². The number of carbonyl (C=O) groups excluding carboxylic acids is 1. The van der Waals surface area contributed by atoms with E-state index in [0.29, 0.717) is 30.1 Å². The fourth-order valence-corrected chi connectivity index (χ4v) is 2.62. The summed E-state index contributed by atoms with van der Waals surface area (Å²) in [7, 11) is 4.01. The van der Waals surface area contributed by atoms with Crippen molar-refractivity contribution in [2.75, 3.05) is 27.2 Å². The van der Waals surface area contributed by atoms with Crippen molar-refractivity contribution >= 4 is 11.6 Å². The normalized spacial score (nSPS) is 11.1. The molecule has 0 aliphatic rings. The molecule has 2 heterocycles. The average molecular weight is 353 g/mol. The van der Waals surface area contributed by atoms with Gasteiger partial charge in [0, 0.05) is 25.5 Å². The molecule has 1 amide bonds. The van der Waals surface area contributed by atoms with E-state index in [0.717, 1.165) is 17.9 Å². The summed E-state index contributed by atoms with van der Waals surface area (Å²) < 4.78 is 7.35. The Kier molecular flexibility index (Phi) is 5.48. The molecule has 7 nitrogen and oxygen atoms in total. The van der Waals surface area contributed by atoms with E-state index in [4.69, 9.17) is 4.74 Å². The van der Waals surface area contributed by atoms with E-state index >= 15 is 0 Å². The van der Waals surface area contributed by atoms with Crippen molar-refractivity contribution in [2.45, 2.75) is 13.5 Å². The number of carbonyl (C=O) groups is 1. The highest BCUT2D eigenvalue weighted by Crippen LogP contribution is 2.15. The van der Waals surface area contributed by atoms with Gasteiger partial charge in [-0.1, -0.05) is 12.1 Å². The maximum Gasteiger partial charge on any atom is 0.257 e. The molecule has 1 aromatic carbocycles. The maximum atomic E-state index is 12.6. The zero-order valence-corrected chi connectivity index (χ0v) is 15.3. The van der Waals surface area contributed by atoms with Gasteiger partial charge in [-0.05, 0) is 44.8 Å². The van der Waals surface area contributed by atoms with Gasteiger partial charge in [-0.2, -0.15) is 5.10 Å². The van der Waals surface area contributed by atoms with Gasteiger partial charge >= 0.3 is 0 Å². The smallest absolute Gasteiger partial charge is 0.257 e. The van der Waals surface area contributed by atoms with E-state index < -0.39 is 0 Å². The third-order valence-corrected chi connectivity index (χ3v) is 3.96. The van der Waals surface area contributed by atoms with Gasteiger partial charge in [-0.25, -0.2) is 9.50 Å². The molecule has 0 spiro atoms. The topological polar surface area (TPSA) is 71.8 Å². The Bertz CT molecular complexity index is 904. The number of hydrogen-bond donors (Lipinski definition) is 1. The van der Waals surface area contributed by atoms with Crippen molar-refractivity contribution in [3.05, 3.63) is 59.5 Å². The highest BCUT2D eigenvalue weighted by molar-refractivity contribution is 6.00. The number of aryl methyl sites for hydroxylation is 1. The van der Waals surface area contributed by atoms with Crippen LogP contribution < -0.4 is 10.1 Å². The Morgan fingerprint density at radius 3 is 2.96 bits per heavy atom. The maximum absolute atomic E-state index is 12.6. The van der Waals surface area contributed by atoms with E-state index in [1.54, 1.807) is 23.0 Å². The van der Waals surface area contributed by atoms with Crippen LogP contribution in [0.3, 0.4) is 0 Å². The summed E-state index contributed by atoms with van der Waals surface area (Å²) in [5, 5.41) is 7.26. The van der Waals surface area contributed by atoms with Gasteiger partial charge in [-0.15, -0.1) is 0 Å². The van der Waals surface area contributed by atoms with Crippen LogP contribution in [0.2, 0.25) is 0 Å². The summed E-state index contributed by atoms with van der Waals surface area (Å²) in [4.78, 5) is 18.9. The fourth-order valence-electron chi connectivity index (χ4n) is 2.62. The van der Waals surface area contributed by atoms with E-state index in [2.05, 4.69) is 20.3 Å². The molecule has 0 aliphatic heterocycles. The molecule has 0 atom stereocenters. The standard InChI is InChI=1S/C19H23N5O2/c1-14-17(18-20-8-5-9-24(18)22-14)19(25)21-13-15-6-4-7-16(12-15)26-11-10-23(2)3/h4-9,12H,10-11,13H2,1-3H3,(H,21,25). The van der Waals surface area contributed by atoms with Gasteiger partial charge in [-0.3, -0.25) is 4.79 Å². The SMILES string of the molecule is Cc1nn2cccnc2c1C(=O)NCc1cccc(OCCN(C)C)c1. The molecule has 7 heteroatoms. The largest absolute Gasteiger partial charge is 0.492 e. The molecular weight excluding hydrogens is 330 g/mol. The van der Waals surface area contributed by atoms with Crippen LogP contribution in [0, 0.1) is 6.92 Å². The highest BCUT2D eigenvalue weighted by Gasteiger charge is 2.17. The highest BCUT2D eigenvalue weighted by atomic mass is 16.5. The summed E-state index contributed by atoms with van der Waals surface area (Å²) in [5.41, 5.74) is 2.69. The van der Waals surface area contributed by atoms with Gasteiger partial charge in [0.2, 0.25) is 0 Å². The van der Waals surface area contributed by atoms with Crippen molar-refractivity contribution in [1.82, 2.24) is 24.8 Å². The van der Waals surface area contributed by atoms with Gasteiger partial charge in [0.1, 0.15) is 17.9 Å². The van der Waals surface area contributed by atoms with Crippen LogP contribution in [0.25, 0.3) is 5.65 Å². The van der Waals surface area contributed by atoms with Crippen LogP contribution in [-0.4, -0.2) is 52.7 Å². The quantitative estimate of drug-likeness (QED) is 0.702. The monoisotopic (exact) mass is 353 g/mol. The summed E-state index contributed by atoms with van der Waals surface area (Å²) >= 11 is 0. The fraction of sp³-hybridized carbons (Fsp3) is 0.316. The molecule has 1 N–H and O–H groups in total. The van der Waals surface area contributed by atoms with Crippen molar-refractivity contribution in [1.29, 1.82) is 0 Å². The van der Waals surface area contributed by atoms with E-state index in [1.807, 2.05) is 45.3 Å². The third kappa shape index (κ3) is 4.18. The predicted octanol–water partition coefficient (Wildman–Crippen LogP) is 1.91. The number of fused-ring (bicyclic) bond motifs is 1. The van der Waals surface area contributed by atoms with Crippen LogP contribution >= 0.6 is 0 Å². The lowest BCUT2D eigenvalue weighted by Gasteiger charge is -2.12. The number of nitrogens with zero attached hydrogens (tertiary/aromatic N) is 4. The zero-order valence-electron chi connectivity index (χ0n) is 15.3. The minimum atomic E-state index is -0.185. The Hall–Kier alpha value is -2.93. The lowest BCUT2D eigenvalue weighted by Crippen LogP contribution is -2.23. The first-order valence-corrected chi connectivity index (χ1v) is 8.49. The number of aromatic nitrogens is 3. The molecule has 136 valence electrons. The molecule has 3 aromatic rings. The molecule has 0 radical (unpaired) electrons. The Morgan fingerprint density at radius 2 is 2.15 bits per heavy atom. The molecule has 0 saturated heterocycles. The number of amides is 1. The molecule has 26 heavy (non-hydrogen) atoms. The third-order valence-electron chi connectivity index (χ3n) is 3.96. The van der Waals surface area contributed by atoms with Crippen LogP contribution in [-0.2, 0) is 6.54 Å². The number of rotatable bonds is 7. The van der Waals surface area contributed by atoms with Gasteiger partial charge in [0.25, 0.3) is 5.91 Å². The Balaban J connectivity index is 1.65. The predicted molar refractivity (Wildman–Crippen MR) is 99.4 cm³/mol. The lowest BCUT2D eigenvalue weighted by atomic mass is 10.2. The second-order valence-corrected chi connectivity index (χ2v) is 6.33. The zero-order chi connectivity index (χ0) is 18.5. The molecule has 3 rings (SSSR count). The molecule has 0 aliphatic carbocycles. The lowest BCUT2D eigenvalue weighted by molar-refractivity contribution is 0.0951.